The zero-order valence-electron chi connectivity index (χ0n) is 22.2. The fraction of sp³-hybridized carbons (Fsp3) is 0.387. The molecule has 3 aromatic rings. The van der Waals surface area contributed by atoms with E-state index in [1.165, 1.54) is 12.1 Å². The Balaban J connectivity index is 1.29. The molecule has 2 aliphatic rings. The molecule has 5 rings (SSSR count). The van der Waals surface area contributed by atoms with Crippen LogP contribution in [0.4, 0.5) is 4.39 Å². The normalized spacial score (nSPS) is 23.2. The van der Waals surface area contributed by atoms with Crippen molar-refractivity contribution in [3.8, 4) is 0 Å². The Labute approximate surface area is 232 Å². The van der Waals surface area contributed by atoms with Gasteiger partial charge in [0.2, 0.25) is 5.91 Å². The molecule has 3 unspecified atom stereocenters. The molecule has 39 heavy (non-hydrogen) atoms. The second kappa shape index (κ2) is 11.7. The minimum atomic E-state index is -2.17. The second-order valence-corrected chi connectivity index (χ2v) is 11.8. The van der Waals surface area contributed by atoms with Crippen LogP contribution in [0.2, 0.25) is 0 Å². The van der Waals surface area contributed by atoms with Crippen molar-refractivity contribution in [2.24, 2.45) is 5.92 Å². The van der Waals surface area contributed by atoms with Crippen molar-refractivity contribution in [1.29, 1.82) is 0 Å². The lowest BCUT2D eigenvalue weighted by Crippen LogP contribution is -2.52. The van der Waals surface area contributed by atoms with Crippen LogP contribution < -0.4 is 5.32 Å². The molecule has 0 spiro atoms. The SMILES string of the molecule is CN(Cc1ccc(F)cc1)C(=O)C1(c2ccccc2)CC1CN1CCC(NCS(=O)[O-])(c2ccccc2)CC1. The van der Waals surface area contributed by atoms with E-state index in [9.17, 15) is 17.9 Å². The Bertz CT molecular complexity index is 1280. The molecule has 1 saturated heterocycles. The van der Waals surface area contributed by atoms with Gasteiger partial charge >= 0.3 is 0 Å². The molecule has 206 valence electrons. The van der Waals surface area contributed by atoms with Gasteiger partial charge in [-0.05, 0) is 65.1 Å². The first-order valence-electron chi connectivity index (χ1n) is 13.5. The highest BCUT2D eigenvalue weighted by atomic mass is 32.2. The maximum absolute atomic E-state index is 14.0. The summed E-state index contributed by atoms with van der Waals surface area (Å²) in [6, 6.07) is 26.4. The number of hydrogen-bond donors (Lipinski definition) is 1. The zero-order chi connectivity index (χ0) is 27.5. The number of nitrogens with zero attached hydrogens (tertiary/aromatic N) is 2. The third-order valence-electron chi connectivity index (χ3n) is 8.50. The number of piperidine rings is 1. The Hall–Kier alpha value is -2.91. The number of amides is 1. The molecule has 6 nitrogen and oxygen atoms in total. The minimum absolute atomic E-state index is 0.0798. The van der Waals surface area contributed by atoms with Crippen LogP contribution >= 0.6 is 0 Å². The van der Waals surface area contributed by atoms with Gasteiger partial charge in [0.1, 0.15) is 5.82 Å². The van der Waals surface area contributed by atoms with Crippen LogP contribution in [0.15, 0.2) is 84.9 Å². The minimum Gasteiger partial charge on any atom is -0.771 e. The molecule has 3 atom stereocenters. The van der Waals surface area contributed by atoms with Crippen LogP contribution in [0.5, 0.6) is 0 Å². The molecular formula is C31H35FN3O3S-. The van der Waals surface area contributed by atoms with Crippen molar-refractivity contribution in [2.45, 2.75) is 36.8 Å². The van der Waals surface area contributed by atoms with Crippen LogP contribution in [0.1, 0.15) is 36.0 Å². The summed E-state index contributed by atoms with van der Waals surface area (Å²) in [4.78, 5) is 18.1. The number of hydrogen-bond acceptors (Lipinski definition) is 5. The van der Waals surface area contributed by atoms with Crippen molar-refractivity contribution in [1.82, 2.24) is 15.1 Å². The summed E-state index contributed by atoms with van der Waals surface area (Å²) in [5.41, 5.74) is 2.09. The average molecular weight is 549 g/mol. The molecule has 1 N–H and O–H groups in total. The van der Waals surface area contributed by atoms with E-state index in [2.05, 4.69) is 22.3 Å². The smallest absolute Gasteiger partial charge is 0.233 e. The fourth-order valence-corrected chi connectivity index (χ4v) is 6.65. The van der Waals surface area contributed by atoms with Crippen LogP contribution in [0.25, 0.3) is 0 Å². The Morgan fingerprint density at radius 2 is 1.59 bits per heavy atom. The lowest BCUT2D eigenvalue weighted by molar-refractivity contribution is -0.133. The number of carbonyl (C=O) groups is 1. The van der Waals surface area contributed by atoms with Gasteiger partial charge in [0, 0.05) is 38.8 Å². The van der Waals surface area contributed by atoms with Crippen LogP contribution in [-0.2, 0) is 33.4 Å². The van der Waals surface area contributed by atoms with Gasteiger partial charge in [-0.15, -0.1) is 0 Å². The first-order valence-corrected chi connectivity index (χ1v) is 14.7. The number of halogens is 1. The zero-order valence-corrected chi connectivity index (χ0v) is 23.0. The van der Waals surface area contributed by atoms with Crippen molar-refractivity contribution >= 4 is 17.0 Å². The lowest BCUT2D eigenvalue weighted by atomic mass is 9.81. The molecule has 2 fully saturated rings. The van der Waals surface area contributed by atoms with Crippen molar-refractivity contribution in [2.75, 3.05) is 32.6 Å². The molecule has 1 aliphatic heterocycles. The molecular weight excluding hydrogens is 513 g/mol. The number of carbonyl (C=O) groups excluding carboxylic acids is 1. The number of nitrogens with one attached hydrogen (secondary N) is 1. The monoisotopic (exact) mass is 548 g/mol. The Morgan fingerprint density at radius 1 is 1.00 bits per heavy atom. The highest BCUT2D eigenvalue weighted by Crippen LogP contribution is 2.56. The number of rotatable bonds is 10. The molecule has 1 amide bonds. The standard InChI is InChI=1S/C31H36FN3O3S/c1-34(21-24-12-14-28(32)15-13-24)29(36)31(26-10-6-3-7-11-26)20-27(31)22-35-18-16-30(17-19-35,33-23-39(37)38)25-8-4-2-5-9-25/h2-15,27,33H,16-23H2,1H3,(H,37,38)/p-1. The molecule has 1 heterocycles. The van der Waals surface area contributed by atoms with Crippen LogP contribution in [0.3, 0.4) is 0 Å². The number of benzene rings is 3. The van der Waals surface area contributed by atoms with E-state index in [1.807, 2.05) is 55.6 Å². The molecule has 0 radical (unpaired) electrons. The molecule has 3 aromatic carbocycles. The number of likely N-dealkylation sites (tertiary alicyclic amines) is 1. The first kappa shape index (κ1) is 27.6. The van der Waals surface area contributed by atoms with Gasteiger partial charge in [-0.25, -0.2) is 4.39 Å². The maximum Gasteiger partial charge on any atom is 0.233 e. The Morgan fingerprint density at radius 3 is 2.18 bits per heavy atom. The van der Waals surface area contributed by atoms with Crippen molar-refractivity contribution < 1.29 is 17.9 Å². The van der Waals surface area contributed by atoms with E-state index in [0.717, 1.165) is 55.6 Å². The van der Waals surface area contributed by atoms with E-state index in [0.29, 0.717) is 6.54 Å². The third-order valence-corrected chi connectivity index (χ3v) is 8.88. The second-order valence-electron chi connectivity index (χ2n) is 10.9. The third kappa shape index (κ3) is 5.99. The van der Waals surface area contributed by atoms with Gasteiger partial charge in [0.25, 0.3) is 0 Å². The van der Waals surface area contributed by atoms with Gasteiger partial charge in [-0.1, -0.05) is 72.8 Å². The summed E-state index contributed by atoms with van der Waals surface area (Å²) in [6.07, 6.45) is 2.37. The molecule has 0 bridgehead atoms. The summed E-state index contributed by atoms with van der Waals surface area (Å²) >= 11 is -2.17. The number of likely N-dealkylation sites (N-methyl/N-ethyl adjacent to an activating group) is 1. The molecule has 8 heteroatoms. The predicted molar refractivity (Wildman–Crippen MR) is 150 cm³/mol. The molecule has 1 saturated carbocycles. The first-order chi connectivity index (χ1) is 18.8. The Kier molecular flexibility index (Phi) is 8.28. The van der Waals surface area contributed by atoms with Gasteiger partial charge in [-0.3, -0.25) is 14.3 Å². The van der Waals surface area contributed by atoms with E-state index in [4.69, 9.17) is 0 Å². The average Bonchev–Trinajstić information content (AvgIpc) is 3.69. The largest absolute Gasteiger partial charge is 0.771 e. The highest BCUT2D eigenvalue weighted by molar-refractivity contribution is 7.79. The van der Waals surface area contributed by atoms with E-state index in [1.54, 1.807) is 17.0 Å². The van der Waals surface area contributed by atoms with E-state index < -0.39 is 16.5 Å². The lowest BCUT2D eigenvalue weighted by Gasteiger charge is -2.43. The van der Waals surface area contributed by atoms with Gasteiger partial charge < -0.3 is 14.4 Å². The summed E-state index contributed by atoms with van der Waals surface area (Å²) < 4.78 is 36.1. The van der Waals surface area contributed by atoms with Gasteiger partial charge in [0.15, 0.2) is 0 Å². The summed E-state index contributed by atoms with van der Waals surface area (Å²) in [6.45, 7) is 2.86. The van der Waals surface area contributed by atoms with Crippen molar-refractivity contribution in [3.05, 3.63) is 107 Å². The van der Waals surface area contributed by atoms with Crippen LogP contribution in [0, 0.1) is 11.7 Å². The van der Waals surface area contributed by atoms with Crippen molar-refractivity contribution in [3.63, 3.8) is 0 Å². The predicted octanol–water partition coefficient (Wildman–Crippen LogP) is 4.16. The summed E-state index contributed by atoms with van der Waals surface area (Å²) in [7, 11) is 1.83. The molecule has 1 aliphatic carbocycles. The van der Waals surface area contributed by atoms with Gasteiger partial charge in [-0.2, -0.15) is 0 Å². The fourth-order valence-electron chi connectivity index (χ4n) is 6.25. The summed E-state index contributed by atoms with van der Waals surface area (Å²) in [5, 5.41) is 3.32. The van der Waals surface area contributed by atoms with E-state index in [-0.39, 0.29) is 29.1 Å². The molecule has 0 aromatic heterocycles. The van der Waals surface area contributed by atoms with E-state index >= 15 is 0 Å². The topological polar surface area (TPSA) is 75.7 Å². The highest BCUT2D eigenvalue weighted by Gasteiger charge is 2.62. The van der Waals surface area contributed by atoms with Crippen LogP contribution in [-0.4, -0.2) is 57.0 Å². The summed E-state index contributed by atoms with van der Waals surface area (Å²) in [5.74, 6) is -0.0820. The quantitative estimate of drug-likeness (QED) is 0.385. The maximum atomic E-state index is 14.0. The van der Waals surface area contributed by atoms with Gasteiger partial charge in [0.05, 0.1) is 11.3 Å².